The van der Waals surface area contributed by atoms with Crippen LogP contribution in [-0.4, -0.2) is 32.5 Å². The van der Waals surface area contributed by atoms with Crippen molar-refractivity contribution in [1.82, 2.24) is 9.47 Å². The molecule has 1 aliphatic rings. The second-order valence-corrected chi connectivity index (χ2v) is 9.27. The number of carbonyl (C=O) groups is 2. The van der Waals surface area contributed by atoms with Gasteiger partial charge >= 0.3 is 5.97 Å². The van der Waals surface area contributed by atoms with Gasteiger partial charge in [-0.15, -0.1) is 0 Å². The molecule has 0 saturated carbocycles. The molecule has 184 valence electrons. The van der Waals surface area contributed by atoms with Crippen molar-refractivity contribution < 1.29 is 23.5 Å². The molecule has 1 atom stereocenters. The number of carboxylic acids is 1. The van der Waals surface area contributed by atoms with Crippen molar-refractivity contribution in [3.8, 4) is 0 Å². The Kier molecular flexibility index (Phi) is 6.55. The highest BCUT2D eigenvalue weighted by atomic mass is 19.1. The van der Waals surface area contributed by atoms with Gasteiger partial charge in [0.2, 0.25) is 5.91 Å². The van der Waals surface area contributed by atoms with E-state index in [9.17, 15) is 23.5 Å². The average Bonchev–Trinajstić information content (AvgIpc) is 3.17. The summed E-state index contributed by atoms with van der Waals surface area (Å²) in [6, 6.07) is 19.7. The molecule has 2 heterocycles. The van der Waals surface area contributed by atoms with Crippen LogP contribution in [0.2, 0.25) is 0 Å². The van der Waals surface area contributed by atoms with Crippen molar-refractivity contribution in [2.24, 2.45) is 0 Å². The van der Waals surface area contributed by atoms with Gasteiger partial charge in [-0.25, -0.2) is 8.78 Å². The monoisotopic (exact) mass is 488 g/mol. The number of fused-ring (bicyclic) bond motifs is 3. The zero-order chi connectivity index (χ0) is 25.2. The first-order valence-corrected chi connectivity index (χ1v) is 12.0. The third kappa shape index (κ3) is 4.87. The van der Waals surface area contributed by atoms with Crippen molar-refractivity contribution in [1.29, 1.82) is 0 Å². The first-order valence-electron chi connectivity index (χ1n) is 12.0. The molecule has 0 fully saturated rings. The fourth-order valence-corrected chi connectivity index (χ4v) is 5.22. The van der Waals surface area contributed by atoms with Crippen LogP contribution >= 0.6 is 0 Å². The Balaban J connectivity index is 1.48. The zero-order valence-corrected chi connectivity index (χ0v) is 19.7. The van der Waals surface area contributed by atoms with Crippen molar-refractivity contribution in [2.45, 2.75) is 44.8 Å². The van der Waals surface area contributed by atoms with E-state index >= 15 is 0 Å². The maximum absolute atomic E-state index is 13.6. The predicted molar refractivity (Wildman–Crippen MR) is 132 cm³/mol. The summed E-state index contributed by atoms with van der Waals surface area (Å²) in [7, 11) is 0. The Morgan fingerprint density at radius 1 is 0.889 bits per heavy atom. The van der Waals surface area contributed by atoms with E-state index in [-0.39, 0.29) is 36.4 Å². The van der Waals surface area contributed by atoms with E-state index in [0.717, 1.165) is 33.3 Å². The summed E-state index contributed by atoms with van der Waals surface area (Å²) >= 11 is 0. The van der Waals surface area contributed by atoms with E-state index in [4.69, 9.17) is 0 Å². The van der Waals surface area contributed by atoms with Crippen LogP contribution in [0.25, 0.3) is 10.9 Å². The van der Waals surface area contributed by atoms with Gasteiger partial charge in [-0.2, -0.15) is 0 Å². The number of aromatic nitrogens is 1. The van der Waals surface area contributed by atoms with Gasteiger partial charge < -0.3 is 14.6 Å². The Morgan fingerprint density at radius 2 is 1.53 bits per heavy atom. The number of carboxylic acid groups (broad SMARTS) is 1. The van der Waals surface area contributed by atoms with Crippen LogP contribution in [0.3, 0.4) is 0 Å². The van der Waals surface area contributed by atoms with E-state index in [0.29, 0.717) is 25.9 Å². The maximum Gasteiger partial charge on any atom is 0.307 e. The molecule has 4 aromatic rings. The molecule has 0 aliphatic carbocycles. The summed E-state index contributed by atoms with van der Waals surface area (Å²) in [6.45, 7) is 0.854. The number of nitrogens with zero attached hydrogens (tertiary/aromatic N) is 2. The molecular formula is C29H26F2N2O3. The third-order valence-electron chi connectivity index (χ3n) is 6.93. The molecule has 5 rings (SSSR count). The van der Waals surface area contributed by atoms with E-state index in [2.05, 4.69) is 4.57 Å². The number of halogens is 2. The van der Waals surface area contributed by atoms with Crippen LogP contribution < -0.4 is 0 Å². The summed E-state index contributed by atoms with van der Waals surface area (Å²) < 4.78 is 29.0. The largest absolute Gasteiger partial charge is 0.481 e. The Labute approximate surface area is 207 Å². The minimum atomic E-state index is -0.872. The van der Waals surface area contributed by atoms with E-state index < -0.39 is 5.97 Å². The summed E-state index contributed by atoms with van der Waals surface area (Å²) in [5, 5.41) is 10.4. The number of rotatable bonds is 7. The van der Waals surface area contributed by atoms with E-state index in [1.54, 1.807) is 24.3 Å². The number of aliphatic carboxylic acids is 1. The fraction of sp³-hybridized carbons (Fsp3) is 0.241. The molecule has 0 saturated heterocycles. The van der Waals surface area contributed by atoms with E-state index in [1.807, 2.05) is 29.2 Å². The Morgan fingerprint density at radius 3 is 2.19 bits per heavy atom. The molecule has 1 unspecified atom stereocenters. The predicted octanol–water partition coefficient (Wildman–Crippen LogP) is 5.13. The highest BCUT2D eigenvalue weighted by Gasteiger charge is 2.31. The highest BCUT2D eigenvalue weighted by molar-refractivity contribution is 5.89. The number of para-hydroxylation sites is 1. The lowest BCUT2D eigenvalue weighted by atomic mass is 9.98. The minimum Gasteiger partial charge on any atom is -0.481 e. The third-order valence-corrected chi connectivity index (χ3v) is 6.93. The standard InChI is InChI=1S/C29H26F2N2O3/c30-21-9-5-19(6-10-21)15-28(34)32(17-20-7-11-22(31)12-8-20)23-13-14-27-25(16-29(35)36)24-3-1-2-4-26(24)33(27)18-23/h1-12,23H,13-18H2,(H,35,36). The molecule has 1 aliphatic heterocycles. The Bertz CT molecular complexity index is 1410. The summed E-state index contributed by atoms with van der Waals surface area (Å²) in [5.74, 6) is -1.66. The van der Waals surface area contributed by atoms with Gasteiger partial charge in [0.05, 0.1) is 18.9 Å². The lowest BCUT2D eigenvalue weighted by Crippen LogP contribution is -2.45. The topological polar surface area (TPSA) is 62.5 Å². The van der Waals surface area contributed by atoms with Crippen LogP contribution in [-0.2, 0) is 41.9 Å². The molecule has 7 heteroatoms. The molecular weight excluding hydrogens is 462 g/mol. The molecule has 5 nitrogen and oxygen atoms in total. The number of carbonyl (C=O) groups excluding carboxylic acids is 1. The Hall–Kier alpha value is -4.00. The molecule has 0 bridgehead atoms. The van der Waals surface area contributed by atoms with Gasteiger partial charge in [-0.05, 0) is 59.9 Å². The number of hydrogen-bond acceptors (Lipinski definition) is 2. The molecule has 0 radical (unpaired) electrons. The summed E-state index contributed by atoms with van der Waals surface area (Å²) in [6.07, 6.45) is 1.41. The fourth-order valence-electron chi connectivity index (χ4n) is 5.22. The van der Waals surface area contributed by atoms with Gasteiger partial charge in [0.1, 0.15) is 11.6 Å². The number of amides is 1. The van der Waals surface area contributed by atoms with Crippen LogP contribution in [0.4, 0.5) is 8.78 Å². The van der Waals surface area contributed by atoms with Gasteiger partial charge in [0, 0.05) is 29.7 Å². The van der Waals surface area contributed by atoms with Crippen molar-refractivity contribution in [2.75, 3.05) is 0 Å². The second-order valence-electron chi connectivity index (χ2n) is 9.27. The normalized spacial score (nSPS) is 15.0. The quantitative estimate of drug-likeness (QED) is 0.392. The van der Waals surface area contributed by atoms with E-state index in [1.165, 1.54) is 24.3 Å². The highest BCUT2D eigenvalue weighted by Crippen LogP contribution is 2.33. The van der Waals surface area contributed by atoms with Crippen LogP contribution in [0, 0.1) is 11.6 Å². The lowest BCUT2D eigenvalue weighted by Gasteiger charge is -2.36. The molecule has 1 amide bonds. The summed E-state index contributed by atoms with van der Waals surface area (Å²) in [4.78, 5) is 27.0. The van der Waals surface area contributed by atoms with Gasteiger partial charge in [0.25, 0.3) is 0 Å². The van der Waals surface area contributed by atoms with Crippen LogP contribution in [0.1, 0.15) is 28.8 Å². The van der Waals surface area contributed by atoms with Crippen LogP contribution in [0.5, 0.6) is 0 Å². The minimum absolute atomic E-state index is 0.0453. The van der Waals surface area contributed by atoms with Crippen molar-refractivity contribution in [3.05, 3.63) is 107 Å². The molecule has 1 aromatic heterocycles. The SMILES string of the molecule is O=C(O)Cc1c2n(c3ccccc13)CC(N(Cc1ccc(F)cc1)C(=O)Cc1ccc(F)cc1)CC2. The number of hydrogen-bond donors (Lipinski definition) is 1. The van der Waals surface area contributed by atoms with Gasteiger partial charge in [-0.1, -0.05) is 42.5 Å². The van der Waals surface area contributed by atoms with Crippen molar-refractivity contribution in [3.63, 3.8) is 0 Å². The number of benzene rings is 3. The molecule has 0 spiro atoms. The second kappa shape index (κ2) is 9.93. The average molecular weight is 489 g/mol. The van der Waals surface area contributed by atoms with Crippen LogP contribution in [0.15, 0.2) is 72.8 Å². The molecule has 36 heavy (non-hydrogen) atoms. The molecule has 3 aromatic carbocycles. The van der Waals surface area contributed by atoms with Crippen molar-refractivity contribution >= 4 is 22.8 Å². The van der Waals surface area contributed by atoms with Gasteiger partial charge in [0.15, 0.2) is 0 Å². The maximum atomic E-state index is 13.6. The summed E-state index contributed by atoms with van der Waals surface area (Å²) in [5.41, 5.74) is 4.33. The first-order chi connectivity index (χ1) is 17.4. The lowest BCUT2D eigenvalue weighted by molar-refractivity contribution is -0.136. The molecule has 1 N–H and O–H groups in total. The van der Waals surface area contributed by atoms with Gasteiger partial charge in [-0.3, -0.25) is 9.59 Å². The smallest absolute Gasteiger partial charge is 0.307 e. The first kappa shape index (κ1) is 23.7. The zero-order valence-electron chi connectivity index (χ0n) is 19.7.